The maximum Gasteiger partial charge on any atom is 0.422 e. The molecular weight excluding hydrogens is 575 g/mol. The molecule has 1 atom stereocenters. The number of ether oxygens (including phenoxy) is 4. The number of carbonyl (C=O) groups excluding carboxylic acids is 3. The van der Waals surface area contributed by atoms with Gasteiger partial charge in [0.05, 0.1) is 27.8 Å². The molecule has 1 aliphatic heterocycles. The molecule has 0 radical (unpaired) electrons. The number of nitrogens with zero attached hydrogens (tertiary/aromatic N) is 3. The van der Waals surface area contributed by atoms with E-state index in [1.54, 1.807) is 48.5 Å². The third kappa shape index (κ3) is 7.22. The number of amides is 3. The predicted molar refractivity (Wildman–Crippen MR) is 144 cm³/mol. The highest BCUT2D eigenvalue weighted by molar-refractivity contribution is 6.41. The summed E-state index contributed by atoms with van der Waals surface area (Å²) in [5, 5.41) is -0.320. The first kappa shape index (κ1) is 31.2. The number of benzene rings is 1. The Morgan fingerprint density at radius 1 is 1.05 bits per heavy atom. The molecule has 0 bridgehead atoms. The summed E-state index contributed by atoms with van der Waals surface area (Å²) in [6, 6.07) is 2.17. The molecule has 3 rings (SSSR count). The number of pyridine rings is 1. The average Bonchev–Trinajstić information content (AvgIpc) is 2.78. The number of rotatable bonds is 4. The number of hydrogen-bond donors (Lipinski definition) is 0. The van der Waals surface area contributed by atoms with Crippen LogP contribution in [0.15, 0.2) is 24.5 Å². The van der Waals surface area contributed by atoms with Gasteiger partial charge in [-0.25, -0.2) is 14.5 Å². The Kier molecular flexibility index (Phi) is 9.05. The number of halogens is 4. The van der Waals surface area contributed by atoms with Gasteiger partial charge < -0.3 is 18.9 Å². The second kappa shape index (κ2) is 11.6. The van der Waals surface area contributed by atoms with Gasteiger partial charge in [-0.1, -0.05) is 23.2 Å². The van der Waals surface area contributed by atoms with Crippen molar-refractivity contribution in [1.82, 2.24) is 4.98 Å². The fraction of sp³-hybridized carbons (Fsp3) is 0.462. The summed E-state index contributed by atoms with van der Waals surface area (Å²) in [5.74, 6) is -1.83. The minimum absolute atomic E-state index is 0.121. The van der Waals surface area contributed by atoms with Crippen LogP contribution < -0.4 is 19.3 Å². The Morgan fingerprint density at radius 2 is 1.62 bits per heavy atom. The summed E-state index contributed by atoms with van der Waals surface area (Å²) >= 11 is 12.6. The Hall–Kier alpha value is -3.38. The number of imide groups is 1. The van der Waals surface area contributed by atoms with Crippen molar-refractivity contribution < 1.29 is 42.1 Å². The SMILES string of the molecule is C[C@@H]1CN(C(=O)OC(C)(C)C)c2c(C(=O)N(C(=O)OC(C)(C)C)c3c(Cl)cncc3Cl)ccc(OC(F)F)c2O1. The highest BCUT2D eigenvalue weighted by atomic mass is 35.5. The average molecular weight is 604 g/mol. The topological polar surface area (TPSA) is 108 Å². The van der Waals surface area contributed by atoms with Crippen LogP contribution in [0.25, 0.3) is 0 Å². The lowest BCUT2D eigenvalue weighted by Crippen LogP contribution is -2.47. The molecule has 0 saturated heterocycles. The van der Waals surface area contributed by atoms with Crippen molar-refractivity contribution >= 4 is 52.7 Å². The molecule has 2 heterocycles. The van der Waals surface area contributed by atoms with E-state index < -0.39 is 47.8 Å². The summed E-state index contributed by atoms with van der Waals surface area (Å²) in [6.07, 6.45) is -0.420. The Labute approximate surface area is 240 Å². The maximum absolute atomic E-state index is 14.2. The van der Waals surface area contributed by atoms with Gasteiger partial charge in [0.2, 0.25) is 0 Å². The Balaban J connectivity index is 2.29. The van der Waals surface area contributed by atoms with Crippen LogP contribution in [0.4, 0.5) is 29.7 Å². The molecule has 1 aliphatic rings. The lowest BCUT2D eigenvalue weighted by molar-refractivity contribution is -0.0520. The molecule has 14 heteroatoms. The molecule has 0 fully saturated rings. The van der Waals surface area contributed by atoms with Crippen LogP contribution in [0.1, 0.15) is 58.8 Å². The van der Waals surface area contributed by atoms with Crippen LogP contribution >= 0.6 is 23.2 Å². The van der Waals surface area contributed by atoms with Crippen molar-refractivity contribution in [3.8, 4) is 11.5 Å². The molecule has 218 valence electrons. The molecule has 0 saturated carbocycles. The van der Waals surface area contributed by atoms with Crippen LogP contribution in [0, 0.1) is 0 Å². The van der Waals surface area contributed by atoms with Crippen LogP contribution in [0.5, 0.6) is 11.5 Å². The quantitative estimate of drug-likeness (QED) is 0.364. The number of alkyl halides is 2. The van der Waals surface area contributed by atoms with E-state index in [4.69, 9.17) is 37.4 Å². The molecule has 1 aromatic heterocycles. The van der Waals surface area contributed by atoms with E-state index in [1.807, 2.05) is 0 Å². The van der Waals surface area contributed by atoms with Crippen LogP contribution in [-0.4, -0.2) is 53.5 Å². The number of anilines is 2. The molecule has 0 spiro atoms. The van der Waals surface area contributed by atoms with E-state index in [0.29, 0.717) is 4.90 Å². The van der Waals surface area contributed by atoms with Gasteiger partial charge in [0.15, 0.2) is 11.5 Å². The fourth-order valence-electron chi connectivity index (χ4n) is 3.69. The number of fused-ring (bicyclic) bond motifs is 1. The zero-order chi connectivity index (χ0) is 30.2. The molecule has 0 unspecified atom stereocenters. The molecule has 0 aliphatic carbocycles. The Bertz CT molecular complexity index is 1290. The van der Waals surface area contributed by atoms with Gasteiger partial charge in [-0.15, -0.1) is 0 Å². The third-order valence-electron chi connectivity index (χ3n) is 5.02. The van der Waals surface area contributed by atoms with Crippen LogP contribution in [-0.2, 0) is 9.47 Å². The number of hydrogen-bond acceptors (Lipinski definition) is 8. The van der Waals surface area contributed by atoms with Crippen molar-refractivity contribution in [2.24, 2.45) is 0 Å². The van der Waals surface area contributed by atoms with Crippen LogP contribution in [0.3, 0.4) is 0 Å². The summed E-state index contributed by atoms with van der Waals surface area (Å²) in [4.78, 5) is 46.4. The fourth-order valence-corrected chi connectivity index (χ4v) is 4.22. The molecule has 2 aromatic rings. The van der Waals surface area contributed by atoms with Crippen molar-refractivity contribution in [2.45, 2.75) is 72.4 Å². The molecule has 10 nitrogen and oxygen atoms in total. The van der Waals surface area contributed by atoms with Gasteiger partial charge in [-0.2, -0.15) is 8.78 Å². The first-order valence-corrected chi connectivity index (χ1v) is 12.8. The maximum atomic E-state index is 14.2. The molecule has 0 N–H and O–H groups in total. The Morgan fingerprint density at radius 3 is 2.15 bits per heavy atom. The van der Waals surface area contributed by atoms with Gasteiger partial charge in [-0.3, -0.25) is 14.7 Å². The first-order chi connectivity index (χ1) is 18.4. The normalized spacial score (nSPS) is 15.2. The van der Waals surface area contributed by atoms with Gasteiger partial charge >= 0.3 is 18.8 Å². The van der Waals surface area contributed by atoms with E-state index >= 15 is 0 Å². The zero-order valence-corrected chi connectivity index (χ0v) is 24.4. The van der Waals surface area contributed by atoms with Gasteiger partial charge in [0, 0.05) is 12.4 Å². The smallest absolute Gasteiger partial charge is 0.422 e. The molecular formula is C26H29Cl2F2N3O7. The van der Waals surface area contributed by atoms with E-state index in [9.17, 15) is 23.2 Å². The van der Waals surface area contributed by atoms with Crippen molar-refractivity contribution in [2.75, 3.05) is 16.3 Å². The van der Waals surface area contributed by atoms with Gasteiger partial charge in [0.25, 0.3) is 5.91 Å². The molecule has 1 aromatic carbocycles. The minimum Gasteiger partial charge on any atom is -0.483 e. The minimum atomic E-state index is -3.24. The van der Waals surface area contributed by atoms with E-state index in [0.717, 1.165) is 17.0 Å². The summed E-state index contributed by atoms with van der Waals surface area (Å²) < 4.78 is 47.9. The second-order valence-corrected chi connectivity index (χ2v) is 11.6. The summed E-state index contributed by atoms with van der Waals surface area (Å²) in [5.41, 5.74) is -2.81. The monoisotopic (exact) mass is 603 g/mol. The first-order valence-electron chi connectivity index (χ1n) is 12.0. The summed E-state index contributed by atoms with van der Waals surface area (Å²) in [6.45, 7) is 7.88. The van der Waals surface area contributed by atoms with E-state index in [2.05, 4.69) is 9.72 Å². The number of carbonyl (C=O) groups is 3. The number of aromatic nitrogens is 1. The van der Waals surface area contributed by atoms with Gasteiger partial charge in [0.1, 0.15) is 23.0 Å². The summed E-state index contributed by atoms with van der Waals surface area (Å²) in [7, 11) is 0. The van der Waals surface area contributed by atoms with Crippen molar-refractivity contribution in [3.05, 3.63) is 40.1 Å². The lowest BCUT2D eigenvalue weighted by atomic mass is 10.1. The standard InChI is InChI=1S/C26H29Cl2F2N3O7/c1-13-12-32(23(35)39-25(2,3)4)18-14(8-9-17(20(18)37-13)38-22(29)30)21(34)33(24(36)40-26(5,6)7)19-15(27)10-31-11-16(19)28/h8-11,13,22H,12H2,1-7H3/t13-/m1/s1. The van der Waals surface area contributed by atoms with Crippen molar-refractivity contribution in [3.63, 3.8) is 0 Å². The zero-order valence-electron chi connectivity index (χ0n) is 22.9. The highest BCUT2D eigenvalue weighted by Crippen LogP contribution is 2.46. The highest BCUT2D eigenvalue weighted by Gasteiger charge is 2.41. The molecule has 3 amide bonds. The lowest BCUT2D eigenvalue weighted by Gasteiger charge is -2.37. The molecule has 40 heavy (non-hydrogen) atoms. The van der Waals surface area contributed by atoms with Crippen LogP contribution in [0.2, 0.25) is 10.0 Å². The van der Waals surface area contributed by atoms with E-state index in [1.165, 1.54) is 12.4 Å². The largest absolute Gasteiger partial charge is 0.483 e. The second-order valence-electron chi connectivity index (χ2n) is 10.8. The van der Waals surface area contributed by atoms with E-state index in [-0.39, 0.29) is 39.3 Å². The van der Waals surface area contributed by atoms with Crippen molar-refractivity contribution in [1.29, 1.82) is 0 Å². The predicted octanol–water partition coefficient (Wildman–Crippen LogP) is 7.09. The third-order valence-corrected chi connectivity index (χ3v) is 5.57. The van der Waals surface area contributed by atoms with Gasteiger partial charge in [-0.05, 0) is 60.6 Å².